The van der Waals surface area contributed by atoms with Gasteiger partial charge in [-0.15, -0.1) is 11.3 Å². The molecule has 0 fully saturated rings. The Kier molecular flexibility index (Phi) is 6.78. The topological polar surface area (TPSA) is 104 Å². The molecule has 0 atom stereocenters. The smallest absolute Gasteiger partial charge is 0.286 e. The Bertz CT molecular complexity index is 1130. The zero-order valence-electron chi connectivity index (χ0n) is 18.6. The molecule has 2 aromatic carbocycles. The second-order valence-electron chi connectivity index (χ2n) is 8.03. The molecule has 1 N–H and O–H groups in total. The van der Waals surface area contributed by atoms with Crippen LogP contribution in [-0.2, 0) is 5.41 Å². The second-order valence-corrected chi connectivity index (χ2v) is 8.89. The predicted molar refractivity (Wildman–Crippen MR) is 125 cm³/mol. The van der Waals surface area contributed by atoms with E-state index < -0.39 is 10.8 Å². The fourth-order valence-electron chi connectivity index (χ4n) is 3.08. The van der Waals surface area contributed by atoms with Gasteiger partial charge in [0.2, 0.25) is 0 Å². The van der Waals surface area contributed by atoms with Crippen molar-refractivity contribution in [2.24, 2.45) is 0 Å². The summed E-state index contributed by atoms with van der Waals surface area (Å²) in [7, 11) is 1.41. The Morgan fingerprint density at radius 1 is 1.19 bits per heavy atom. The molecular formula is C23H25N3O5S. The van der Waals surface area contributed by atoms with Crippen LogP contribution in [0.5, 0.6) is 11.5 Å². The largest absolute Gasteiger partial charge is 0.493 e. The number of nitro benzene ring substituents is 1. The molecule has 0 radical (unpaired) electrons. The van der Waals surface area contributed by atoms with E-state index in [1.807, 2.05) is 17.5 Å². The summed E-state index contributed by atoms with van der Waals surface area (Å²) in [5.74, 6) is -0.211. The van der Waals surface area contributed by atoms with Crippen LogP contribution in [0.4, 0.5) is 10.8 Å². The van der Waals surface area contributed by atoms with Crippen LogP contribution in [0.2, 0.25) is 0 Å². The lowest BCUT2D eigenvalue weighted by molar-refractivity contribution is -0.385. The molecule has 8 nitrogen and oxygen atoms in total. The minimum absolute atomic E-state index is 0.0488. The van der Waals surface area contributed by atoms with Gasteiger partial charge in [0.05, 0.1) is 30.4 Å². The van der Waals surface area contributed by atoms with Crippen molar-refractivity contribution in [2.75, 3.05) is 19.0 Å². The summed E-state index contributed by atoms with van der Waals surface area (Å²) >= 11 is 1.24. The number of carbonyl (C=O) groups excluding carboxylic acids is 1. The van der Waals surface area contributed by atoms with E-state index in [0.29, 0.717) is 17.4 Å². The summed E-state index contributed by atoms with van der Waals surface area (Å²) < 4.78 is 10.6. The van der Waals surface area contributed by atoms with Gasteiger partial charge in [-0.2, -0.15) is 0 Å². The highest BCUT2D eigenvalue weighted by Gasteiger charge is 2.25. The van der Waals surface area contributed by atoms with Crippen molar-refractivity contribution in [3.05, 3.63) is 63.0 Å². The molecule has 0 bridgehead atoms. The molecule has 0 saturated carbocycles. The normalized spacial score (nSPS) is 11.2. The summed E-state index contributed by atoms with van der Waals surface area (Å²) in [6.07, 6.45) is 0. The summed E-state index contributed by atoms with van der Waals surface area (Å²) in [5.41, 5.74) is 2.38. The third-order valence-corrected chi connectivity index (χ3v) is 5.55. The van der Waals surface area contributed by atoms with Gasteiger partial charge in [0, 0.05) is 17.0 Å². The van der Waals surface area contributed by atoms with Gasteiger partial charge in [0.25, 0.3) is 11.6 Å². The van der Waals surface area contributed by atoms with Crippen molar-refractivity contribution < 1.29 is 19.2 Å². The van der Waals surface area contributed by atoms with Gasteiger partial charge in [-0.05, 0) is 17.9 Å². The number of benzene rings is 2. The van der Waals surface area contributed by atoms with E-state index in [1.165, 1.54) is 36.1 Å². The lowest BCUT2D eigenvalue weighted by Crippen LogP contribution is -2.14. The first-order valence-electron chi connectivity index (χ1n) is 10.0. The molecule has 168 valence electrons. The van der Waals surface area contributed by atoms with E-state index in [2.05, 4.69) is 43.2 Å². The van der Waals surface area contributed by atoms with E-state index >= 15 is 0 Å². The number of hydrogen-bond acceptors (Lipinski definition) is 7. The molecule has 0 aliphatic rings. The SMILES string of the molecule is CCOc1cc([N+](=O)[O-])c(C(=O)Nc2nc(-c3ccc(C(C)(C)C)cc3)cs2)cc1OC. The Balaban J connectivity index is 1.85. The summed E-state index contributed by atoms with van der Waals surface area (Å²) in [6, 6.07) is 10.6. The molecule has 0 spiro atoms. The predicted octanol–water partition coefficient (Wildman–Crippen LogP) is 5.68. The first-order valence-corrected chi connectivity index (χ1v) is 10.9. The van der Waals surface area contributed by atoms with Crippen molar-refractivity contribution in [3.63, 3.8) is 0 Å². The molecule has 0 unspecified atom stereocenters. The Morgan fingerprint density at radius 3 is 2.44 bits per heavy atom. The number of anilines is 1. The van der Waals surface area contributed by atoms with Gasteiger partial charge in [0.15, 0.2) is 16.6 Å². The zero-order chi connectivity index (χ0) is 23.5. The minimum atomic E-state index is -0.651. The van der Waals surface area contributed by atoms with E-state index in [-0.39, 0.29) is 28.2 Å². The Labute approximate surface area is 190 Å². The molecule has 32 heavy (non-hydrogen) atoms. The molecule has 0 aliphatic heterocycles. The van der Waals surface area contributed by atoms with Gasteiger partial charge in [-0.3, -0.25) is 20.2 Å². The number of nitrogens with one attached hydrogen (secondary N) is 1. The molecule has 1 aromatic heterocycles. The lowest BCUT2D eigenvalue weighted by Gasteiger charge is -2.18. The van der Waals surface area contributed by atoms with Crippen LogP contribution in [0.15, 0.2) is 41.8 Å². The third-order valence-electron chi connectivity index (χ3n) is 4.79. The first kappa shape index (κ1) is 23.2. The lowest BCUT2D eigenvalue weighted by atomic mass is 9.86. The molecule has 0 aliphatic carbocycles. The Hall–Kier alpha value is -3.46. The highest BCUT2D eigenvalue weighted by Crippen LogP contribution is 2.35. The number of thiazole rings is 1. The van der Waals surface area contributed by atoms with Crippen LogP contribution in [0.25, 0.3) is 11.3 Å². The number of methoxy groups -OCH3 is 1. The molecule has 9 heteroatoms. The maximum atomic E-state index is 12.8. The number of aromatic nitrogens is 1. The van der Waals surface area contributed by atoms with Crippen LogP contribution in [0, 0.1) is 10.1 Å². The summed E-state index contributed by atoms with van der Waals surface area (Å²) in [5, 5.41) is 16.4. The molecular weight excluding hydrogens is 430 g/mol. The average molecular weight is 456 g/mol. The van der Waals surface area contributed by atoms with Crippen LogP contribution >= 0.6 is 11.3 Å². The molecule has 1 amide bonds. The van der Waals surface area contributed by atoms with Gasteiger partial charge >= 0.3 is 0 Å². The average Bonchev–Trinajstić information content (AvgIpc) is 3.21. The summed E-state index contributed by atoms with van der Waals surface area (Å²) in [6.45, 7) is 8.50. The van der Waals surface area contributed by atoms with Gasteiger partial charge in [-0.25, -0.2) is 4.98 Å². The van der Waals surface area contributed by atoms with Crippen LogP contribution in [0.1, 0.15) is 43.6 Å². The highest BCUT2D eigenvalue weighted by atomic mass is 32.1. The number of rotatable bonds is 7. The van der Waals surface area contributed by atoms with Crippen LogP contribution in [0.3, 0.4) is 0 Å². The number of hydrogen-bond donors (Lipinski definition) is 1. The van der Waals surface area contributed by atoms with Crippen LogP contribution in [-0.4, -0.2) is 29.5 Å². The van der Waals surface area contributed by atoms with Crippen molar-refractivity contribution in [1.29, 1.82) is 0 Å². The third kappa shape index (κ3) is 5.05. The van der Waals surface area contributed by atoms with E-state index in [4.69, 9.17) is 9.47 Å². The van der Waals surface area contributed by atoms with E-state index in [1.54, 1.807) is 6.92 Å². The Morgan fingerprint density at radius 2 is 1.88 bits per heavy atom. The number of amides is 1. The fraction of sp³-hybridized carbons (Fsp3) is 0.304. The van der Waals surface area contributed by atoms with Crippen molar-refractivity contribution in [1.82, 2.24) is 4.98 Å². The number of nitro groups is 1. The number of nitrogens with zero attached hydrogens (tertiary/aromatic N) is 2. The number of carbonyl (C=O) groups is 1. The van der Waals surface area contributed by atoms with Gasteiger partial charge in [-0.1, -0.05) is 45.0 Å². The van der Waals surface area contributed by atoms with Gasteiger partial charge in [0.1, 0.15) is 5.56 Å². The molecule has 3 aromatic rings. The quantitative estimate of drug-likeness (QED) is 0.363. The second kappa shape index (κ2) is 9.35. The highest BCUT2D eigenvalue weighted by molar-refractivity contribution is 7.14. The maximum Gasteiger partial charge on any atom is 0.286 e. The molecule has 0 saturated heterocycles. The number of ether oxygens (including phenoxy) is 2. The van der Waals surface area contributed by atoms with Crippen molar-refractivity contribution >= 4 is 28.1 Å². The summed E-state index contributed by atoms with van der Waals surface area (Å²) in [4.78, 5) is 28.2. The standard InChI is InChI=1S/C23H25N3O5S/c1-6-31-20-12-18(26(28)29)16(11-19(20)30-5)21(27)25-22-24-17(13-32-22)14-7-9-15(10-8-14)23(2,3)4/h7-13H,6H2,1-5H3,(H,24,25,27). The molecule has 1 heterocycles. The van der Waals surface area contributed by atoms with Gasteiger partial charge < -0.3 is 9.47 Å². The monoisotopic (exact) mass is 455 g/mol. The zero-order valence-corrected chi connectivity index (χ0v) is 19.4. The van der Waals surface area contributed by atoms with Crippen molar-refractivity contribution in [3.8, 4) is 22.8 Å². The molecule has 3 rings (SSSR count). The first-order chi connectivity index (χ1) is 15.1. The minimum Gasteiger partial charge on any atom is -0.493 e. The van der Waals surface area contributed by atoms with Crippen molar-refractivity contribution in [2.45, 2.75) is 33.1 Å². The van der Waals surface area contributed by atoms with E-state index in [9.17, 15) is 14.9 Å². The fourth-order valence-corrected chi connectivity index (χ4v) is 3.79. The maximum absolute atomic E-state index is 12.8. The van der Waals surface area contributed by atoms with Crippen LogP contribution < -0.4 is 14.8 Å². The van der Waals surface area contributed by atoms with E-state index in [0.717, 1.165) is 5.56 Å².